The molecule has 72 valence electrons. The molecule has 0 spiro atoms. The number of rotatable bonds is 2. The molecule has 3 heteroatoms. The molecule has 0 atom stereocenters. The van der Waals surface area contributed by atoms with Crippen LogP contribution in [0.1, 0.15) is 18.9 Å². The zero-order valence-corrected chi connectivity index (χ0v) is 8.67. The molecule has 2 nitrogen and oxygen atoms in total. The summed E-state index contributed by atoms with van der Waals surface area (Å²) in [6, 6.07) is 9.27. The Bertz CT molecular complexity index is 402. The van der Waals surface area contributed by atoms with Crippen LogP contribution in [-0.4, -0.2) is 0 Å². The first-order valence-electron chi connectivity index (χ1n) is 4.33. The van der Waals surface area contributed by atoms with Crippen molar-refractivity contribution in [3.63, 3.8) is 0 Å². The molecule has 0 heterocycles. The van der Waals surface area contributed by atoms with Gasteiger partial charge in [-0.1, -0.05) is 30.7 Å². The van der Waals surface area contributed by atoms with E-state index in [1.54, 1.807) is 12.1 Å². The lowest BCUT2D eigenvalue weighted by atomic mass is 10.1. The van der Waals surface area contributed by atoms with E-state index in [0.29, 0.717) is 22.7 Å². The molecule has 0 radical (unpaired) electrons. The average molecular weight is 207 g/mol. The number of allylic oxidation sites excluding steroid dienone is 1. The highest BCUT2D eigenvalue weighted by atomic mass is 35.5. The van der Waals surface area contributed by atoms with Crippen LogP contribution >= 0.6 is 11.6 Å². The van der Waals surface area contributed by atoms with Gasteiger partial charge in [0.1, 0.15) is 0 Å². The maximum absolute atomic E-state index is 8.81. The first-order valence-corrected chi connectivity index (χ1v) is 4.71. The predicted molar refractivity (Wildman–Crippen MR) is 58.5 cm³/mol. The minimum atomic E-state index is 0.512. The highest BCUT2D eigenvalue weighted by molar-refractivity contribution is 6.30. The maximum atomic E-state index is 8.81. The molecule has 0 aromatic heterocycles. The van der Waals surface area contributed by atoms with Crippen LogP contribution < -0.4 is 5.73 Å². The van der Waals surface area contributed by atoms with Gasteiger partial charge in [-0.25, -0.2) is 0 Å². The van der Waals surface area contributed by atoms with Crippen molar-refractivity contribution >= 4 is 17.3 Å². The van der Waals surface area contributed by atoms with Crippen LogP contribution in [0.2, 0.25) is 5.02 Å². The normalized spacial score (nSPS) is 11.8. The van der Waals surface area contributed by atoms with Crippen molar-refractivity contribution in [3.8, 4) is 6.07 Å². The molecular formula is C11H11ClN2. The third kappa shape index (κ3) is 2.27. The summed E-state index contributed by atoms with van der Waals surface area (Å²) in [6.07, 6.45) is 0.634. The Kier molecular flexibility index (Phi) is 3.55. The van der Waals surface area contributed by atoms with Gasteiger partial charge >= 0.3 is 0 Å². The molecule has 0 fully saturated rings. The van der Waals surface area contributed by atoms with Crippen molar-refractivity contribution in [3.05, 3.63) is 40.4 Å². The minimum absolute atomic E-state index is 0.512. The van der Waals surface area contributed by atoms with Crippen LogP contribution in [0.5, 0.6) is 0 Å². The fraction of sp³-hybridized carbons (Fsp3) is 0.182. The molecule has 0 saturated heterocycles. The van der Waals surface area contributed by atoms with Crippen LogP contribution in [0, 0.1) is 11.3 Å². The number of hydrogen-bond acceptors (Lipinski definition) is 2. The largest absolute Gasteiger partial charge is 0.397 e. The fourth-order valence-electron chi connectivity index (χ4n) is 1.16. The van der Waals surface area contributed by atoms with Gasteiger partial charge < -0.3 is 5.73 Å². The molecular weight excluding hydrogens is 196 g/mol. The van der Waals surface area contributed by atoms with Crippen LogP contribution in [0.15, 0.2) is 29.8 Å². The summed E-state index contributed by atoms with van der Waals surface area (Å²) in [4.78, 5) is 0. The Hall–Kier alpha value is -1.46. The third-order valence-corrected chi connectivity index (χ3v) is 2.18. The van der Waals surface area contributed by atoms with E-state index in [0.717, 1.165) is 5.56 Å². The van der Waals surface area contributed by atoms with E-state index < -0.39 is 0 Å². The lowest BCUT2D eigenvalue weighted by Gasteiger charge is -2.04. The Balaban J connectivity index is 3.18. The summed E-state index contributed by atoms with van der Waals surface area (Å²) in [5, 5.41) is 9.43. The molecule has 1 aromatic carbocycles. The van der Waals surface area contributed by atoms with E-state index in [2.05, 4.69) is 6.07 Å². The van der Waals surface area contributed by atoms with Crippen molar-refractivity contribution in [2.75, 3.05) is 0 Å². The van der Waals surface area contributed by atoms with Crippen LogP contribution in [0.25, 0.3) is 5.70 Å². The molecule has 0 unspecified atom stereocenters. The molecule has 0 aliphatic carbocycles. The second-order valence-corrected chi connectivity index (χ2v) is 3.30. The molecule has 1 rings (SSSR count). The third-order valence-electron chi connectivity index (χ3n) is 1.95. The summed E-state index contributed by atoms with van der Waals surface area (Å²) in [5.41, 5.74) is 7.73. The van der Waals surface area contributed by atoms with Crippen molar-refractivity contribution in [2.45, 2.75) is 13.3 Å². The van der Waals surface area contributed by atoms with Gasteiger partial charge in [0.05, 0.1) is 17.3 Å². The summed E-state index contributed by atoms with van der Waals surface area (Å²) in [6.45, 7) is 1.90. The van der Waals surface area contributed by atoms with Gasteiger partial charge in [-0.05, 0) is 24.1 Å². The predicted octanol–water partition coefficient (Wildman–Crippen LogP) is 2.94. The van der Waals surface area contributed by atoms with Crippen molar-refractivity contribution < 1.29 is 0 Å². The molecule has 2 N–H and O–H groups in total. The number of nitriles is 1. The Morgan fingerprint density at radius 2 is 2.29 bits per heavy atom. The number of benzene rings is 1. The second-order valence-electron chi connectivity index (χ2n) is 2.87. The number of hydrogen-bond donors (Lipinski definition) is 1. The highest BCUT2D eigenvalue weighted by Crippen LogP contribution is 2.18. The molecule has 14 heavy (non-hydrogen) atoms. The van der Waals surface area contributed by atoms with E-state index in [9.17, 15) is 0 Å². The van der Waals surface area contributed by atoms with E-state index in [1.807, 2.05) is 19.1 Å². The van der Waals surface area contributed by atoms with Crippen LogP contribution in [0.3, 0.4) is 0 Å². The second kappa shape index (κ2) is 4.69. The average Bonchev–Trinajstić information content (AvgIpc) is 2.19. The topological polar surface area (TPSA) is 49.8 Å². The van der Waals surface area contributed by atoms with E-state index in [-0.39, 0.29) is 0 Å². The number of halogens is 1. The minimum Gasteiger partial charge on any atom is -0.397 e. The van der Waals surface area contributed by atoms with Crippen LogP contribution in [-0.2, 0) is 0 Å². The first kappa shape index (κ1) is 10.6. The van der Waals surface area contributed by atoms with Gasteiger partial charge in [0, 0.05) is 5.02 Å². The van der Waals surface area contributed by atoms with Gasteiger partial charge in [-0.2, -0.15) is 5.26 Å². The van der Waals surface area contributed by atoms with Gasteiger partial charge in [0.15, 0.2) is 0 Å². The number of nitrogens with two attached hydrogens (primary N) is 1. The van der Waals surface area contributed by atoms with E-state index in [1.165, 1.54) is 0 Å². The zero-order valence-electron chi connectivity index (χ0n) is 7.92. The SMILES string of the molecule is CC/C(C#N)=C(/N)c1cccc(Cl)c1. The Morgan fingerprint density at radius 1 is 1.57 bits per heavy atom. The smallest absolute Gasteiger partial charge is 0.0968 e. The maximum Gasteiger partial charge on any atom is 0.0968 e. The molecule has 0 aliphatic heterocycles. The van der Waals surface area contributed by atoms with Crippen molar-refractivity contribution in [2.24, 2.45) is 5.73 Å². The molecule has 1 aromatic rings. The first-order chi connectivity index (χ1) is 6.69. The molecule has 0 saturated carbocycles. The summed E-state index contributed by atoms with van der Waals surface area (Å²) < 4.78 is 0. The van der Waals surface area contributed by atoms with Gasteiger partial charge in [0.25, 0.3) is 0 Å². The zero-order chi connectivity index (χ0) is 10.6. The molecule has 0 aliphatic rings. The van der Waals surface area contributed by atoms with Crippen molar-refractivity contribution in [1.82, 2.24) is 0 Å². The quantitative estimate of drug-likeness (QED) is 0.757. The lowest BCUT2D eigenvalue weighted by Crippen LogP contribution is -2.00. The Morgan fingerprint density at radius 3 is 2.79 bits per heavy atom. The lowest BCUT2D eigenvalue weighted by molar-refractivity contribution is 1.14. The number of nitrogens with zero attached hydrogens (tertiary/aromatic N) is 1. The van der Waals surface area contributed by atoms with Gasteiger partial charge in [-0.15, -0.1) is 0 Å². The molecule has 0 amide bonds. The van der Waals surface area contributed by atoms with E-state index >= 15 is 0 Å². The van der Waals surface area contributed by atoms with Gasteiger partial charge in [-0.3, -0.25) is 0 Å². The Labute approximate surface area is 88.6 Å². The summed E-state index contributed by atoms with van der Waals surface area (Å²) in [5.74, 6) is 0. The molecule has 0 bridgehead atoms. The standard InChI is InChI=1S/C11H11ClN2/c1-2-8(7-13)11(14)9-4-3-5-10(12)6-9/h3-6H,2,14H2,1H3/b11-8-. The van der Waals surface area contributed by atoms with E-state index in [4.69, 9.17) is 22.6 Å². The summed E-state index contributed by atoms with van der Waals surface area (Å²) >= 11 is 5.82. The highest BCUT2D eigenvalue weighted by Gasteiger charge is 2.03. The van der Waals surface area contributed by atoms with Crippen molar-refractivity contribution in [1.29, 1.82) is 5.26 Å². The fourth-order valence-corrected chi connectivity index (χ4v) is 1.35. The monoisotopic (exact) mass is 206 g/mol. The summed E-state index contributed by atoms with van der Waals surface area (Å²) in [7, 11) is 0. The van der Waals surface area contributed by atoms with Gasteiger partial charge in [0.2, 0.25) is 0 Å². The van der Waals surface area contributed by atoms with Crippen LogP contribution in [0.4, 0.5) is 0 Å².